The summed E-state index contributed by atoms with van der Waals surface area (Å²) < 4.78 is 13.5. The zero-order valence-corrected chi connectivity index (χ0v) is 11.0. The van der Waals surface area contributed by atoms with Gasteiger partial charge < -0.3 is 0 Å². The van der Waals surface area contributed by atoms with Crippen molar-refractivity contribution in [1.29, 1.82) is 0 Å². The molecule has 0 saturated heterocycles. The molecule has 0 nitrogen and oxygen atoms in total. The summed E-state index contributed by atoms with van der Waals surface area (Å²) in [6, 6.07) is 3.77. The third-order valence-corrected chi connectivity index (χ3v) is 4.28. The molecule has 1 saturated carbocycles. The quantitative estimate of drug-likeness (QED) is 0.654. The van der Waals surface area contributed by atoms with E-state index in [4.69, 9.17) is 11.6 Å². The largest absolute Gasteiger partial charge is 0.206 e. The second kappa shape index (κ2) is 3.73. The molecule has 0 bridgehead atoms. The molecule has 0 amide bonds. The summed E-state index contributed by atoms with van der Waals surface area (Å²) >= 11 is 6.46. The lowest BCUT2D eigenvalue weighted by atomic mass is 9.98. The fourth-order valence-electron chi connectivity index (χ4n) is 2.38. The summed E-state index contributed by atoms with van der Waals surface area (Å²) in [5.41, 5.74) is 2.80. The molecule has 1 fully saturated rings. The van der Waals surface area contributed by atoms with Crippen LogP contribution in [0.1, 0.15) is 42.3 Å². The standard InChI is InChI=1S/C14H18ClF/c1-8-5-10(6-9(2)13(8)16)12(15)11-7-14(11,3)4/h5-6,11-12H,7H2,1-4H3. The highest BCUT2D eigenvalue weighted by Gasteiger charge is 2.50. The molecular weight excluding hydrogens is 223 g/mol. The lowest BCUT2D eigenvalue weighted by Gasteiger charge is -2.14. The first-order valence-electron chi connectivity index (χ1n) is 5.73. The highest BCUT2D eigenvalue weighted by atomic mass is 35.5. The van der Waals surface area contributed by atoms with E-state index in [9.17, 15) is 4.39 Å². The summed E-state index contributed by atoms with van der Waals surface area (Å²) in [7, 11) is 0. The first kappa shape index (κ1) is 11.9. The van der Waals surface area contributed by atoms with Crippen molar-refractivity contribution in [3.8, 4) is 0 Å². The smallest absolute Gasteiger partial charge is 0.129 e. The van der Waals surface area contributed by atoms with Gasteiger partial charge in [0.1, 0.15) is 5.82 Å². The molecule has 1 aliphatic rings. The van der Waals surface area contributed by atoms with Crippen molar-refractivity contribution in [3.05, 3.63) is 34.6 Å². The zero-order valence-electron chi connectivity index (χ0n) is 10.3. The number of benzene rings is 1. The molecule has 1 aromatic rings. The van der Waals surface area contributed by atoms with Gasteiger partial charge in [0, 0.05) is 0 Å². The molecule has 1 aliphatic carbocycles. The van der Waals surface area contributed by atoms with Gasteiger partial charge in [0.2, 0.25) is 0 Å². The average Bonchev–Trinajstić information content (AvgIpc) is 2.82. The molecule has 2 heteroatoms. The van der Waals surface area contributed by atoms with E-state index in [1.54, 1.807) is 13.8 Å². The van der Waals surface area contributed by atoms with Gasteiger partial charge in [-0.1, -0.05) is 26.0 Å². The molecule has 2 unspecified atom stereocenters. The van der Waals surface area contributed by atoms with Crippen molar-refractivity contribution in [2.45, 2.75) is 39.5 Å². The lowest BCUT2D eigenvalue weighted by molar-refractivity contribution is 0.546. The fraction of sp³-hybridized carbons (Fsp3) is 0.571. The van der Waals surface area contributed by atoms with Crippen molar-refractivity contribution in [3.63, 3.8) is 0 Å². The number of aryl methyl sites for hydroxylation is 2. The number of rotatable bonds is 2. The first-order chi connectivity index (χ1) is 7.33. The van der Waals surface area contributed by atoms with E-state index in [-0.39, 0.29) is 11.2 Å². The maximum atomic E-state index is 13.5. The predicted molar refractivity (Wildman–Crippen MR) is 66.4 cm³/mol. The van der Waals surface area contributed by atoms with Crippen LogP contribution in [-0.2, 0) is 0 Å². The summed E-state index contributed by atoms with van der Waals surface area (Å²) in [5.74, 6) is 0.418. The van der Waals surface area contributed by atoms with E-state index in [1.165, 1.54) is 0 Å². The molecule has 2 atom stereocenters. The second-order valence-electron chi connectivity index (χ2n) is 5.67. The Hall–Kier alpha value is -0.560. The summed E-state index contributed by atoms with van der Waals surface area (Å²) in [5, 5.41) is 0.0213. The van der Waals surface area contributed by atoms with Crippen LogP contribution < -0.4 is 0 Å². The predicted octanol–water partition coefficient (Wildman–Crippen LogP) is 4.77. The Morgan fingerprint density at radius 2 is 1.75 bits per heavy atom. The van der Waals surface area contributed by atoms with E-state index >= 15 is 0 Å². The summed E-state index contributed by atoms with van der Waals surface area (Å²) in [6.07, 6.45) is 1.16. The van der Waals surface area contributed by atoms with E-state index in [0.29, 0.717) is 22.5 Å². The molecule has 0 spiro atoms. The van der Waals surface area contributed by atoms with Crippen LogP contribution in [0.4, 0.5) is 4.39 Å². The minimum atomic E-state index is -0.109. The summed E-state index contributed by atoms with van der Waals surface area (Å²) in [4.78, 5) is 0. The Morgan fingerprint density at radius 3 is 2.12 bits per heavy atom. The summed E-state index contributed by atoms with van der Waals surface area (Å²) in [6.45, 7) is 8.06. The SMILES string of the molecule is Cc1cc(C(Cl)C2CC2(C)C)cc(C)c1F. The van der Waals surface area contributed by atoms with Crippen LogP contribution in [0.25, 0.3) is 0 Å². The fourth-order valence-corrected chi connectivity index (χ4v) is 2.93. The monoisotopic (exact) mass is 240 g/mol. The molecule has 0 radical (unpaired) electrons. The molecule has 16 heavy (non-hydrogen) atoms. The van der Waals surface area contributed by atoms with Gasteiger partial charge in [0.05, 0.1) is 5.38 Å². The van der Waals surface area contributed by atoms with Gasteiger partial charge in [-0.2, -0.15) is 0 Å². The van der Waals surface area contributed by atoms with Crippen LogP contribution in [0, 0.1) is 31.0 Å². The van der Waals surface area contributed by atoms with Crippen molar-refractivity contribution in [2.24, 2.45) is 11.3 Å². The van der Waals surface area contributed by atoms with Gasteiger partial charge in [0.25, 0.3) is 0 Å². The Labute approximate surface area is 102 Å². The second-order valence-corrected chi connectivity index (χ2v) is 6.14. The molecule has 88 valence electrons. The van der Waals surface area contributed by atoms with Crippen LogP contribution >= 0.6 is 11.6 Å². The molecule has 0 N–H and O–H groups in total. The minimum Gasteiger partial charge on any atom is -0.206 e. The molecule has 1 aromatic carbocycles. The van der Waals surface area contributed by atoms with Crippen LogP contribution in [0.2, 0.25) is 0 Å². The number of hydrogen-bond acceptors (Lipinski definition) is 0. The third kappa shape index (κ3) is 1.98. The van der Waals surface area contributed by atoms with Crippen LogP contribution in [0.5, 0.6) is 0 Å². The van der Waals surface area contributed by atoms with Crippen LogP contribution in [0.3, 0.4) is 0 Å². The molecular formula is C14H18ClF. The number of halogens is 2. The van der Waals surface area contributed by atoms with E-state index < -0.39 is 0 Å². The van der Waals surface area contributed by atoms with Crippen molar-refractivity contribution < 1.29 is 4.39 Å². The van der Waals surface area contributed by atoms with Gasteiger partial charge in [-0.05, 0) is 48.3 Å². The van der Waals surface area contributed by atoms with Gasteiger partial charge in [-0.15, -0.1) is 11.6 Å². The van der Waals surface area contributed by atoms with Crippen LogP contribution in [-0.4, -0.2) is 0 Å². The Balaban J connectivity index is 2.28. The highest BCUT2D eigenvalue weighted by molar-refractivity contribution is 6.21. The average molecular weight is 241 g/mol. The first-order valence-corrected chi connectivity index (χ1v) is 6.17. The maximum absolute atomic E-state index is 13.5. The minimum absolute atomic E-state index is 0.0213. The van der Waals surface area contributed by atoms with Crippen LogP contribution in [0.15, 0.2) is 12.1 Å². The number of alkyl halides is 1. The van der Waals surface area contributed by atoms with Gasteiger partial charge in [-0.25, -0.2) is 4.39 Å². The molecule has 2 rings (SSSR count). The van der Waals surface area contributed by atoms with Crippen molar-refractivity contribution >= 4 is 11.6 Å². The van der Waals surface area contributed by atoms with Gasteiger partial charge in [-0.3, -0.25) is 0 Å². The Bertz CT molecular complexity index is 400. The van der Waals surface area contributed by atoms with E-state index in [0.717, 1.165) is 12.0 Å². The lowest BCUT2D eigenvalue weighted by Crippen LogP contribution is -2.01. The highest BCUT2D eigenvalue weighted by Crippen LogP contribution is 2.59. The molecule has 0 aromatic heterocycles. The Kier molecular flexibility index (Phi) is 2.78. The van der Waals surface area contributed by atoms with Crippen molar-refractivity contribution in [1.82, 2.24) is 0 Å². The van der Waals surface area contributed by atoms with Crippen molar-refractivity contribution in [2.75, 3.05) is 0 Å². The molecule has 0 aliphatic heterocycles. The topological polar surface area (TPSA) is 0 Å². The van der Waals surface area contributed by atoms with Gasteiger partial charge in [0.15, 0.2) is 0 Å². The Morgan fingerprint density at radius 1 is 1.31 bits per heavy atom. The van der Waals surface area contributed by atoms with E-state index in [1.807, 2.05) is 12.1 Å². The van der Waals surface area contributed by atoms with Gasteiger partial charge >= 0.3 is 0 Å². The normalized spacial score (nSPS) is 24.2. The number of hydrogen-bond donors (Lipinski definition) is 0. The zero-order chi connectivity index (χ0) is 12.1. The van der Waals surface area contributed by atoms with E-state index in [2.05, 4.69) is 13.8 Å². The maximum Gasteiger partial charge on any atom is 0.129 e. The third-order valence-electron chi connectivity index (χ3n) is 3.72. The molecule has 0 heterocycles.